The van der Waals surface area contributed by atoms with Crippen LogP contribution in [0.2, 0.25) is 0 Å². The molecule has 98 valence electrons. The summed E-state index contributed by atoms with van der Waals surface area (Å²) in [6.45, 7) is -0.132. The molecule has 4 heteroatoms. The van der Waals surface area contributed by atoms with Crippen molar-refractivity contribution in [1.29, 1.82) is 0 Å². The highest BCUT2D eigenvalue weighted by molar-refractivity contribution is 5.97. The molecule has 1 aliphatic rings. The van der Waals surface area contributed by atoms with Crippen molar-refractivity contribution in [3.05, 3.63) is 35.4 Å². The third-order valence-corrected chi connectivity index (χ3v) is 3.23. The van der Waals surface area contributed by atoms with Gasteiger partial charge in [0.15, 0.2) is 5.78 Å². The summed E-state index contributed by atoms with van der Waals surface area (Å²) in [5.41, 5.74) is -0.104. The van der Waals surface area contributed by atoms with Crippen LogP contribution in [0.3, 0.4) is 0 Å². The number of carbonyl (C=O) groups is 1. The van der Waals surface area contributed by atoms with Crippen LogP contribution >= 0.6 is 0 Å². The van der Waals surface area contributed by atoms with Crippen LogP contribution in [0.1, 0.15) is 42.5 Å². The molecule has 0 atom stereocenters. The Morgan fingerprint density at radius 3 is 2.61 bits per heavy atom. The van der Waals surface area contributed by atoms with E-state index in [2.05, 4.69) is 0 Å². The lowest BCUT2D eigenvalue weighted by Crippen LogP contribution is -2.21. The second kappa shape index (κ2) is 6.05. The normalized spacial score (nSPS) is 16.8. The molecule has 0 bridgehead atoms. The van der Waals surface area contributed by atoms with Gasteiger partial charge in [-0.15, -0.1) is 0 Å². The fraction of sp³-hybridized carbons (Fsp3) is 0.500. The summed E-state index contributed by atoms with van der Waals surface area (Å²) in [5.74, 6) is -1.94. The number of benzene rings is 1. The van der Waals surface area contributed by atoms with Crippen molar-refractivity contribution in [3.63, 3.8) is 0 Å². The number of hydrogen-bond donors (Lipinski definition) is 0. The monoisotopic (exact) mass is 254 g/mol. The van der Waals surface area contributed by atoms with E-state index in [0.29, 0.717) is 6.07 Å². The van der Waals surface area contributed by atoms with Crippen LogP contribution < -0.4 is 0 Å². The quantitative estimate of drug-likeness (QED) is 0.769. The highest BCUT2D eigenvalue weighted by atomic mass is 19.1. The van der Waals surface area contributed by atoms with Crippen molar-refractivity contribution >= 4 is 5.78 Å². The lowest BCUT2D eigenvalue weighted by molar-refractivity contribution is 0.0282. The van der Waals surface area contributed by atoms with E-state index < -0.39 is 17.4 Å². The van der Waals surface area contributed by atoms with Crippen molar-refractivity contribution in [2.75, 3.05) is 6.61 Å². The first kappa shape index (κ1) is 13.1. The standard InChI is InChI=1S/C14H16F2O2/c15-10-6-7-12(13(16)8-10)14(17)9-18-11-4-2-1-3-5-11/h6-8,11H,1-5,9H2. The van der Waals surface area contributed by atoms with Gasteiger partial charge in [-0.1, -0.05) is 19.3 Å². The smallest absolute Gasteiger partial charge is 0.191 e. The Kier molecular flexibility index (Phi) is 4.42. The molecule has 0 unspecified atom stereocenters. The van der Waals surface area contributed by atoms with E-state index >= 15 is 0 Å². The summed E-state index contributed by atoms with van der Waals surface area (Å²) in [4.78, 5) is 11.7. The molecule has 2 rings (SSSR count). The van der Waals surface area contributed by atoms with Crippen LogP contribution in [0, 0.1) is 11.6 Å². The van der Waals surface area contributed by atoms with Crippen LogP contribution in [0.5, 0.6) is 0 Å². The molecule has 0 saturated heterocycles. The van der Waals surface area contributed by atoms with E-state index in [9.17, 15) is 13.6 Å². The Morgan fingerprint density at radius 2 is 1.94 bits per heavy atom. The zero-order valence-electron chi connectivity index (χ0n) is 10.1. The number of ether oxygens (including phenoxy) is 1. The van der Waals surface area contributed by atoms with E-state index in [4.69, 9.17) is 4.74 Å². The van der Waals surface area contributed by atoms with Gasteiger partial charge in [-0.2, -0.15) is 0 Å². The van der Waals surface area contributed by atoms with Crippen molar-refractivity contribution in [1.82, 2.24) is 0 Å². The molecule has 1 fully saturated rings. The Hall–Kier alpha value is -1.29. The molecule has 0 N–H and O–H groups in total. The number of Topliss-reactive ketones (excluding diaryl/α,β-unsaturated/α-hetero) is 1. The average molecular weight is 254 g/mol. The van der Waals surface area contributed by atoms with Crippen molar-refractivity contribution in [2.24, 2.45) is 0 Å². The second-order valence-corrected chi connectivity index (χ2v) is 4.62. The minimum absolute atomic E-state index is 0.103. The Balaban J connectivity index is 1.90. The number of hydrogen-bond acceptors (Lipinski definition) is 2. The second-order valence-electron chi connectivity index (χ2n) is 4.62. The first-order valence-electron chi connectivity index (χ1n) is 6.26. The Morgan fingerprint density at radius 1 is 1.22 bits per heavy atom. The van der Waals surface area contributed by atoms with E-state index in [-0.39, 0.29) is 18.3 Å². The van der Waals surface area contributed by atoms with Gasteiger partial charge in [0.05, 0.1) is 11.7 Å². The summed E-state index contributed by atoms with van der Waals surface area (Å²) in [6, 6.07) is 2.96. The number of halogens is 2. The van der Waals surface area contributed by atoms with E-state index in [1.807, 2.05) is 0 Å². The van der Waals surface area contributed by atoms with E-state index in [0.717, 1.165) is 37.8 Å². The van der Waals surface area contributed by atoms with E-state index in [1.54, 1.807) is 0 Å². The molecule has 0 radical (unpaired) electrons. The minimum Gasteiger partial charge on any atom is -0.370 e. The SMILES string of the molecule is O=C(COC1CCCCC1)c1ccc(F)cc1F. The van der Waals surface area contributed by atoms with Gasteiger partial charge in [-0.25, -0.2) is 8.78 Å². The van der Waals surface area contributed by atoms with Crippen molar-refractivity contribution in [2.45, 2.75) is 38.2 Å². The lowest BCUT2D eigenvalue weighted by atomic mass is 9.98. The maximum Gasteiger partial charge on any atom is 0.191 e. The fourth-order valence-corrected chi connectivity index (χ4v) is 2.22. The molecular formula is C14H16F2O2. The molecule has 1 aliphatic carbocycles. The summed E-state index contributed by atoms with van der Waals surface area (Å²) in [5, 5.41) is 0. The highest BCUT2D eigenvalue weighted by Gasteiger charge is 2.17. The van der Waals surface area contributed by atoms with Gasteiger partial charge < -0.3 is 4.74 Å². The first-order valence-corrected chi connectivity index (χ1v) is 6.26. The van der Waals surface area contributed by atoms with Gasteiger partial charge in [0.2, 0.25) is 0 Å². The molecule has 0 amide bonds. The lowest BCUT2D eigenvalue weighted by Gasteiger charge is -2.21. The Labute approximate surface area is 105 Å². The average Bonchev–Trinajstić information content (AvgIpc) is 2.37. The number of ketones is 1. The van der Waals surface area contributed by atoms with Gasteiger partial charge in [0.1, 0.15) is 18.2 Å². The van der Waals surface area contributed by atoms with Gasteiger partial charge >= 0.3 is 0 Å². The summed E-state index contributed by atoms with van der Waals surface area (Å²) < 4.78 is 31.5. The largest absolute Gasteiger partial charge is 0.370 e. The van der Waals surface area contributed by atoms with Crippen molar-refractivity contribution < 1.29 is 18.3 Å². The van der Waals surface area contributed by atoms with Gasteiger partial charge in [0.25, 0.3) is 0 Å². The zero-order chi connectivity index (χ0) is 13.0. The van der Waals surface area contributed by atoms with Gasteiger partial charge in [-0.05, 0) is 25.0 Å². The first-order chi connectivity index (χ1) is 8.66. The van der Waals surface area contributed by atoms with Gasteiger partial charge in [-0.3, -0.25) is 4.79 Å². The molecule has 0 spiro atoms. The maximum atomic E-state index is 13.4. The van der Waals surface area contributed by atoms with Gasteiger partial charge in [0, 0.05) is 6.07 Å². The summed E-state index contributed by atoms with van der Waals surface area (Å²) in [7, 11) is 0. The minimum atomic E-state index is -0.827. The predicted molar refractivity (Wildman–Crippen MR) is 63.5 cm³/mol. The molecule has 0 aromatic heterocycles. The molecule has 1 aromatic rings. The third-order valence-electron chi connectivity index (χ3n) is 3.23. The van der Waals surface area contributed by atoms with Crippen LogP contribution in [-0.2, 0) is 4.74 Å². The fourth-order valence-electron chi connectivity index (χ4n) is 2.22. The van der Waals surface area contributed by atoms with Crippen LogP contribution in [-0.4, -0.2) is 18.5 Å². The highest BCUT2D eigenvalue weighted by Crippen LogP contribution is 2.20. The maximum absolute atomic E-state index is 13.4. The summed E-state index contributed by atoms with van der Waals surface area (Å²) in [6.07, 6.45) is 5.46. The number of rotatable bonds is 4. The Bertz CT molecular complexity index is 426. The number of carbonyl (C=O) groups excluding carboxylic acids is 1. The molecule has 0 aliphatic heterocycles. The predicted octanol–water partition coefficient (Wildman–Crippen LogP) is 3.50. The molecule has 18 heavy (non-hydrogen) atoms. The third kappa shape index (κ3) is 3.35. The topological polar surface area (TPSA) is 26.3 Å². The zero-order valence-corrected chi connectivity index (χ0v) is 10.1. The molecule has 2 nitrogen and oxygen atoms in total. The van der Waals surface area contributed by atoms with E-state index in [1.165, 1.54) is 6.42 Å². The molecule has 1 aromatic carbocycles. The van der Waals surface area contributed by atoms with Crippen LogP contribution in [0.4, 0.5) is 8.78 Å². The van der Waals surface area contributed by atoms with Crippen LogP contribution in [0.15, 0.2) is 18.2 Å². The molecule has 1 saturated carbocycles. The molecular weight excluding hydrogens is 238 g/mol. The van der Waals surface area contributed by atoms with Crippen molar-refractivity contribution in [3.8, 4) is 0 Å². The van der Waals surface area contributed by atoms with Crippen LogP contribution in [0.25, 0.3) is 0 Å². The molecule has 0 heterocycles. The summed E-state index contributed by atoms with van der Waals surface area (Å²) >= 11 is 0.